The van der Waals surface area contributed by atoms with Crippen molar-refractivity contribution in [2.24, 2.45) is 4.99 Å². The summed E-state index contributed by atoms with van der Waals surface area (Å²) >= 11 is 0. The van der Waals surface area contributed by atoms with Crippen molar-refractivity contribution >= 4 is 12.2 Å². The standard InChI is InChI=1S/C14H19NO2/c1-4-17-14(16)10-15-9-12-7-5-6-8-13(12)11(2)3/h5-9,11H,4,10H2,1-3H3. The number of nitrogens with zero attached hydrogens (tertiary/aromatic N) is 1. The van der Waals surface area contributed by atoms with E-state index in [0.717, 1.165) is 5.56 Å². The third kappa shape index (κ3) is 4.39. The summed E-state index contributed by atoms with van der Waals surface area (Å²) in [7, 11) is 0. The lowest BCUT2D eigenvalue weighted by molar-refractivity contribution is -0.141. The average Bonchev–Trinajstić information content (AvgIpc) is 2.30. The molecule has 0 aliphatic heterocycles. The third-order valence-electron chi connectivity index (χ3n) is 2.37. The first-order valence-electron chi connectivity index (χ1n) is 5.89. The molecular formula is C14H19NO2. The van der Waals surface area contributed by atoms with Crippen molar-refractivity contribution < 1.29 is 9.53 Å². The Bertz CT molecular complexity index is 397. The molecule has 0 heterocycles. The topological polar surface area (TPSA) is 38.7 Å². The van der Waals surface area contributed by atoms with Crippen LogP contribution in [0.15, 0.2) is 29.3 Å². The Morgan fingerprint density at radius 3 is 2.76 bits per heavy atom. The van der Waals surface area contributed by atoms with Crippen LogP contribution in [0.1, 0.15) is 37.8 Å². The van der Waals surface area contributed by atoms with Gasteiger partial charge in [0.05, 0.1) is 6.61 Å². The number of rotatable bonds is 5. The molecular weight excluding hydrogens is 214 g/mol. The molecule has 0 saturated heterocycles. The first-order chi connectivity index (χ1) is 8.15. The maximum Gasteiger partial charge on any atom is 0.327 e. The molecule has 0 aliphatic rings. The molecule has 0 bridgehead atoms. The Labute approximate surface area is 103 Å². The zero-order valence-electron chi connectivity index (χ0n) is 10.6. The molecule has 0 radical (unpaired) electrons. The molecule has 17 heavy (non-hydrogen) atoms. The van der Waals surface area contributed by atoms with Gasteiger partial charge in [0.15, 0.2) is 0 Å². The van der Waals surface area contributed by atoms with Gasteiger partial charge in [-0.2, -0.15) is 0 Å². The number of carbonyl (C=O) groups is 1. The second kappa shape index (κ2) is 6.84. The number of hydrogen-bond acceptors (Lipinski definition) is 3. The van der Waals surface area contributed by atoms with E-state index in [-0.39, 0.29) is 12.5 Å². The Kier molecular flexibility index (Phi) is 5.40. The summed E-state index contributed by atoms with van der Waals surface area (Å²) in [5, 5.41) is 0. The smallest absolute Gasteiger partial charge is 0.327 e. The molecule has 1 aromatic rings. The highest BCUT2D eigenvalue weighted by molar-refractivity contribution is 5.84. The van der Waals surface area contributed by atoms with E-state index in [1.54, 1.807) is 13.1 Å². The molecule has 0 saturated carbocycles. The average molecular weight is 233 g/mol. The van der Waals surface area contributed by atoms with E-state index in [4.69, 9.17) is 4.74 Å². The van der Waals surface area contributed by atoms with Crippen molar-refractivity contribution in [2.45, 2.75) is 26.7 Å². The van der Waals surface area contributed by atoms with Gasteiger partial charge in [-0.3, -0.25) is 9.79 Å². The van der Waals surface area contributed by atoms with Crippen LogP contribution in [0.3, 0.4) is 0 Å². The predicted molar refractivity (Wildman–Crippen MR) is 69.6 cm³/mol. The fourth-order valence-electron chi connectivity index (χ4n) is 1.58. The Morgan fingerprint density at radius 1 is 1.41 bits per heavy atom. The molecule has 0 N–H and O–H groups in total. The number of esters is 1. The van der Waals surface area contributed by atoms with Crippen LogP contribution >= 0.6 is 0 Å². The molecule has 0 aromatic heterocycles. The fraction of sp³-hybridized carbons (Fsp3) is 0.429. The highest BCUT2D eigenvalue weighted by atomic mass is 16.5. The number of benzene rings is 1. The summed E-state index contributed by atoms with van der Waals surface area (Å²) in [6, 6.07) is 8.07. The van der Waals surface area contributed by atoms with Gasteiger partial charge in [-0.1, -0.05) is 38.1 Å². The lowest BCUT2D eigenvalue weighted by Crippen LogP contribution is -2.07. The monoisotopic (exact) mass is 233 g/mol. The van der Waals surface area contributed by atoms with Crippen LogP contribution in [0, 0.1) is 0 Å². The molecule has 1 aromatic carbocycles. The maximum atomic E-state index is 11.1. The van der Waals surface area contributed by atoms with Crippen molar-refractivity contribution in [1.29, 1.82) is 0 Å². The predicted octanol–water partition coefficient (Wildman–Crippen LogP) is 2.79. The number of hydrogen-bond donors (Lipinski definition) is 0. The van der Waals surface area contributed by atoms with Crippen LogP contribution in [0.4, 0.5) is 0 Å². The zero-order valence-corrected chi connectivity index (χ0v) is 10.6. The molecule has 3 nitrogen and oxygen atoms in total. The van der Waals surface area contributed by atoms with Crippen molar-refractivity contribution in [1.82, 2.24) is 0 Å². The van der Waals surface area contributed by atoms with E-state index in [1.165, 1.54) is 5.56 Å². The molecule has 0 atom stereocenters. The highest BCUT2D eigenvalue weighted by Gasteiger charge is 2.03. The van der Waals surface area contributed by atoms with Crippen LogP contribution in [0.5, 0.6) is 0 Å². The van der Waals surface area contributed by atoms with Gasteiger partial charge in [-0.25, -0.2) is 0 Å². The molecule has 0 amide bonds. The van der Waals surface area contributed by atoms with Gasteiger partial charge < -0.3 is 4.74 Å². The zero-order chi connectivity index (χ0) is 12.7. The largest absolute Gasteiger partial charge is 0.465 e. The van der Waals surface area contributed by atoms with Gasteiger partial charge >= 0.3 is 5.97 Å². The molecule has 0 unspecified atom stereocenters. The summed E-state index contributed by atoms with van der Waals surface area (Å²) in [5.41, 5.74) is 2.30. The highest BCUT2D eigenvalue weighted by Crippen LogP contribution is 2.17. The quantitative estimate of drug-likeness (QED) is 0.579. The van der Waals surface area contributed by atoms with E-state index in [2.05, 4.69) is 24.9 Å². The van der Waals surface area contributed by atoms with E-state index in [1.807, 2.05) is 18.2 Å². The number of aliphatic imine (C=N–C) groups is 1. The van der Waals surface area contributed by atoms with Gasteiger partial charge in [0, 0.05) is 6.21 Å². The van der Waals surface area contributed by atoms with Crippen molar-refractivity contribution in [3.05, 3.63) is 35.4 Å². The van der Waals surface area contributed by atoms with E-state index < -0.39 is 0 Å². The van der Waals surface area contributed by atoms with Crippen LogP contribution in [-0.2, 0) is 9.53 Å². The molecule has 3 heteroatoms. The number of ether oxygens (including phenoxy) is 1. The third-order valence-corrected chi connectivity index (χ3v) is 2.37. The molecule has 0 spiro atoms. The SMILES string of the molecule is CCOC(=O)CN=Cc1ccccc1C(C)C. The molecule has 0 aliphatic carbocycles. The first kappa shape index (κ1) is 13.4. The molecule has 0 fully saturated rings. The van der Waals surface area contributed by atoms with Crippen LogP contribution in [0.25, 0.3) is 0 Å². The Hall–Kier alpha value is -1.64. The summed E-state index contributed by atoms with van der Waals surface area (Å²) in [6.45, 7) is 6.54. The summed E-state index contributed by atoms with van der Waals surface area (Å²) in [6.07, 6.45) is 1.74. The van der Waals surface area contributed by atoms with Gasteiger partial charge in [-0.05, 0) is 24.0 Å². The summed E-state index contributed by atoms with van der Waals surface area (Å²) in [5.74, 6) is 0.158. The van der Waals surface area contributed by atoms with Crippen molar-refractivity contribution in [2.75, 3.05) is 13.2 Å². The minimum absolute atomic E-state index is 0.0836. The van der Waals surface area contributed by atoms with Crippen LogP contribution < -0.4 is 0 Å². The van der Waals surface area contributed by atoms with E-state index in [9.17, 15) is 4.79 Å². The Morgan fingerprint density at radius 2 is 2.12 bits per heavy atom. The van der Waals surface area contributed by atoms with Gasteiger partial charge in [0.25, 0.3) is 0 Å². The van der Waals surface area contributed by atoms with Gasteiger partial charge in [0.1, 0.15) is 6.54 Å². The first-order valence-corrected chi connectivity index (χ1v) is 5.89. The van der Waals surface area contributed by atoms with Crippen LogP contribution in [-0.4, -0.2) is 25.3 Å². The van der Waals surface area contributed by atoms with Gasteiger partial charge in [0.2, 0.25) is 0 Å². The lowest BCUT2D eigenvalue weighted by atomic mass is 9.98. The fourth-order valence-corrected chi connectivity index (χ4v) is 1.58. The molecule has 92 valence electrons. The normalized spacial score (nSPS) is 11.1. The van der Waals surface area contributed by atoms with Gasteiger partial charge in [-0.15, -0.1) is 0 Å². The lowest BCUT2D eigenvalue weighted by Gasteiger charge is -2.08. The Balaban J connectivity index is 2.68. The number of carbonyl (C=O) groups excluding carboxylic acids is 1. The van der Waals surface area contributed by atoms with E-state index >= 15 is 0 Å². The summed E-state index contributed by atoms with van der Waals surface area (Å²) < 4.78 is 4.80. The second-order valence-electron chi connectivity index (χ2n) is 4.06. The van der Waals surface area contributed by atoms with Crippen molar-refractivity contribution in [3.8, 4) is 0 Å². The minimum Gasteiger partial charge on any atom is -0.465 e. The molecule has 1 rings (SSSR count). The maximum absolute atomic E-state index is 11.1. The minimum atomic E-state index is -0.286. The second-order valence-corrected chi connectivity index (χ2v) is 4.06. The van der Waals surface area contributed by atoms with E-state index in [0.29, 0.717) is 12.5 Å². The van der Waals surface area contributed by atoms with Crippen molar-refractivity contribution in [3.63, 3.8) is 0 Å². The summed E-state index contributed by atoms with van der Waals surface area (Å²) in [4.78, 5) is 15.2. The van der Waals surface area contributed by atoms with Crippen LogP contribution in [0.2, 0.25) is 0 Å².